The van der Waals surface area contributed by atoms with Crippen LogP contribution in [0.25, 0.3) is 0 Å². The Morgan fingerprint density at radius 1 is 1.45 bits per heavy atom. The number of hydrogen-bond donors (Lipinski definition) is 3. The van der Waals surface area contributed by atoms with E-state index >= 15 is 0 Å². The van der Waals surface area contributed by atoms with Crippen molar-refractivity contribution >= 4 is 59.0 Å². The van der Waals surface area contributed by atoms with Crippen molar-refractivity contribution in [3.63, 3.8) is 0 Å². The van der Waals surface area contributed by atoms with E-state index in [9.17, 15) is 9.90 Å². The Balaban J connectivity index is 0.00000200. The molecule has 0 bridgehead atoms. The van der Waals surface area contributed by atoms with E-state index < -0.39 is 0 Å². The van der Waals surface area contributed by atoms with Crippen LogP contribution in [0.4, 0.5) is 5.69 Å². The number of rotatable bonds is 3. The van der Waals surface area contributed by atoms with Gasteiger partial charge in [-0.1, -0.05) is 23.2 Å². The van der Waals surface area contributed by atoms with Crippen LogP contribution in [0.5, 0.6) is 5.75 Å². The summed E-state index contributed by atoms with van der Waals surface area (Å²) in [5, 5.41) is 15.7. The van der Waals surface area contributed by atoms with Crippen LogP contribution < -0.4 is 10.6 Å². The first-order valence-electron chi connectivity index (χ1n) is 5.85. The fourth-order valence-electron chi connectivity index (χ4n) is 1.82. The highest BCUT2D eigenvalue weighted by Crippen LogP contribution is 2.34. The maximum absolute atomic E-state index is 11.9. The van der Waals surface area contributed by atoms with Crippen molar-refractivity contribution in [3.8, 4) is 5.75 Å². The van der Waals surface area contributed by atoms with Gasteiger partial charge in [0, 0.05) is 36.2 Å². The predicted molar refractivity (Wildman–Crippen MR) is 87.7 cm³/mol. The number of phenolic OH excluding ortho intramolecular Hbond substituents is 1. The molecule has 0 saturated carbocycles. The lowest BCUT2D eigenvalue weighted by Gasteiger charge is -2.22. The SMILES string of the molecule is Cl.O=C(CC1CSCCN1)Nc1cc(Cl)c(O)c(Cl)c1. The second-order valence-electron chi connectivity index (χ2n) is 4.27. The van der Waals surface area contributed by atoms with Gasteiger partial charge in [0.05, 0.1) is 10.0 Å². The van der Waals surface area contributed by atoms with Crippen molar-refractivity contribution < 1.29 is 9.90 Å². The molecule has 3 N–H and O–H groups in total. The molecule has 0 spiro atoms. The molecule has 1 aromatic rings. The molecule has 1 saturated heterocycles. The third-order valence-electron chi connectivity index (χ3n) is 2.73. The van der Waals surface area contributed by atoms with Gasteiger partial charge in [-0.2, -0.15) is 11.8 Å². The minimum atomic E-state index is -0.174. The van der Waals surface area contributed by atoms with Gasteiger partial charge in [0.1, 0.15) is 0 Å². The molecule has 1 aromatic carbocycles. The van der Waals surface area contributed by atoms with Crippen molar-refractivity contribution in [1.29, 1.82) is 0 Å². The van der Waals surface area contributed by atoms with E-state index in [1.165, 1.54) is 12.1 Å². The summed E-state index contributed by atoms with van der Waals surface area (Å²) >= 11 is 13.4. The lowest BCUT2D eigenvalue weighted by atomic mass is 10.2. The first kappa shape index (κ1) is 17.7. The van der Waals surface area contributed by atoms with Gasteiger partial charge in [-0.05, 0) is 12.1 Å². The van der Waals surface area contributed by atoms with Gasteiger partial charge in [0.2, 0.25) is 5.91 Å². The number of carbonyl (C=O) groups excluding carboxylic acids is 1. The summed E-state index contributed by atoms with van der Waals surface area (Å²) in [4.78, 5) is 11.9. The minimum absolute atomic E-state index is 0. The summed E-state index contributed by atoms with van der Waals surface area (Å²) in [6.07, 6.45) is 0.406. The number of benzene rings is 1. The maximum Gasteiger partial charge on any atom is 0.225 e. The summed E-state index contributed by atoms with van der Waals surface area (Å²) in [5.74, 6) is 1.75. The number of phenols is 1. The average Bonchev–Trinajstić information content (AvgIpc) is 2.37. The molecular formula is C12H15Cl3N2O2S. The van der Waals surface area contributed by atoms with Gasteiger partial charge in [-0.3, -0.25) is 4.79 Å². The van der Waals surface area contributed by atoms with E-state index in [1.54, 1.807) is 0 Å². The highest BCUT2D eigenvalue weighted by molar-refractivity contribution is 7.99. The summed E-state index contributed by atoms with van der Waals surface area (Å²) in [6.45, 7) is 0.930. The van der Waals surface area contributed by atoms with Crippen molar-refractivity contribution in [3.05, 3.63) is 22.2 Å². The predicted octanol–water partition coefficient (Wildman–Crippen LogP) is 3.15. The fourth-order valence-corrected chi connectivity index (χ4v) is 3.26. The van der Waals surface area contributed by atoms with Crippen LogP contribution in [0.1, 0.15) is 6.42 Å². The Labute approximate surface area is 138 Å². The minimum Gasteiger partial charge on any atom is -0.505 e. The number of nitrogens with one attached hydrogen (secondary N) is 2. The number of halogens is 3. The second kappa shape index (κ2) is 8.20. The van der Waals surface area contributed by atoms with Crippen LogP contribution in [-0.4, -0.2) is 35.1 Å². The van der Waals surface area contributed by atoms with Crippen molar-refractivity contribution in [2.24, 2.45) is 0 Å². The fraction of sp³-hybridized carbons (Fsp3) is 0.417. The van der Waals surface area contributed by atoms with Gasteiger partial charge < -0.3 is 15.7 Å². The van der Waals surface area contributed by atoms with Gasteiger partial charge in [0.15, 0.2) is 5.75 Å². The van der Waals surface area contributed by atoms with Gasteiger partial charge in [0.25, 0.3) is 0 Å². The first-order chi connectivity index (χ1) is 9.06. The quantitative estimate of drug-likeness (QED) is 0.727. The molecule has 1 unspecified atom stereocenters. The highest BCUT2D eigenvalue weighted by atomic mass is 35.5. The Bertz CT molecular complexity index is 459. The van der Waals surface area contributed by atoms with Crippen LogP contribution in [0, 0.1) is 0 Å². The van der Waals surface area contributed by atoms with Gasteiger partial charge in [-0.15, -0.1) is 12.4 Å². The molecule has 1 fully saturated rings. The molecule has 0 aliphatic carbocycles. The Morgan fingerprint density at radius 3 is 2.65 bits per heavy atom. The maximum atomic E-state index is 11.9. The number of hydrogen-bond acceptors (Lipinski definition) is 4. The van der Waals surface area contributed by atoms with Crippen LogP contribution in [0.15, 0.2) is 12.1 Å². The largest absolute Gasteiger partial charge is 0.505 e. The Hall–Kier alpha value is -0.330. The van der Waals surface area contributed by atoms with Gasteiger partial charge >= 0.3 is 0 Å². The molecule has 20 heavy (non-hydrogen) atoms. The number of carbonyl (C=O) groups is 1. The topological polar surface area (TPSA) is 61.4 Å². The standard InChI is InChI=1S/C12H14Cl2N2O2S.ClH/c13-9-3-7(4-10(14)12(9)18)16-11(17)5-8-6-19-2-1-15-8;/h3-4,8,15,18H,1-2,5-6H2,(H,16,17);1H. The highest BCUT2D eigenvalue weighted by Gasteiger charge is 2.17. The molecule has 1 aliphatic heterocycles. The molecule has 1 amide bonds. The molecular weight excluding hydrogens is 343 g/mol. The second-order valence-corrected chi connectivity index (χ2v) is 6.23. The van der Waals surface area contributed by atoms with E-state index in [-0.39, 0.29) is 40.2 Å². The molecule has 8 heteroatoms. The summed E-state index contributed by atoms with van der Waals surface area (Å²) in [5.41, 5.74) is 0.487. The van der Waals surface area contributed by atoms with Crippen molar-refractivity contribution in [1.82, 2.24) is 5.32 Å². The summed E-state index contributed by atoms with van der Waals surface area (Å²) < 4.78 is 0. The number of thioether (sulfide) groups is 1. The van der Waals surface area contributed by atoms with Crippen LogP contribution in [-0.2, 0) is 4.79 Å². The molecule has 2 rings (SSSR count). The molecule has 0 radical (unpaired) electrons. The van der Waals surface area contributed by atoms with Crippen LogP contribution in [0.3, 0.4) is 0 Å². The van der Waals surface area contributed by atoms with Crippen molar-refractivity contribution in [2.45, 2.75) is 12.5 Å². The van der Waals surface area contributed by atoms with E-state index in [0.717, 1.165) is 18.1 Å². The third kappa shape index (κ3) is 4.90. The lowest BCUT2D eigenvalue weighted by Crippen LogP contribution is -2.39. The third-order valence-corrected chi connectivity index (χ3v) is 4.44. The first-order valence-corrected chi connectivity index (χ1v) is 7.76. The molecule has 0 aromatic heterocycles. The zero-order chi connectivity index (χ0) is 13.8. The van der Waals surface area contributed by atoms with E-state index in [0.29, 0.717) is 12.1 Å². The normalized spacial score (nSPS) is 18.2. The Kier molecular flexibility index (Phi) is 7.26. The molecule has 1 aliphatic rings. The Morgan fingerprint density at radius 2 is 2.10 bits per heavy atom. The number of anilines is 1. The van der Waals surface area contributed by atoms with Crippen molar-refractivity contribution in [2.75, 3.05) is 23.4 Å². The van der Waals surface area contributed by atoms with E-state index in [4.69, 9.17) is 23.2 Å². The van der Waals surface area contributed by atoms with E-state index in [1.807, 2.05) is 11.8 Å². The zero-order valence-corrected chi connectivity index (χ0v) is 13.6. The summed E-state index contributed by atoms with van der Waals surface area (Å²) in [7, 11) is 0. The van der Waals surface area contributed by atoms with Crippen LogP contribution in [0.2, 0.25) is 10.0 Å². The number of amides is 1. The van der Waals surface area contributed by atoms with Gasteiger partial charge in [-0.25, -0.2) is 0 Å². The lowest BCUT2D eigenvalue weighted by molar-refractivity contribution is -0.116. The average molecular weight is 358 g/mol. The number of aromatic hydroxyl groups is 1. The van der Waals surface area contributed by atoms with E-state index in [2.05, 4.69) is 10.6 Å². The monoisotopic (exact) mass is 356 g/mol. The summed E-state index contributed by atoms with van der Waals surface area (Å²) in [6, 6.07) is 3.15. The smallest absolute Gasteiger partial charge is 0.225 e. The molecule has 4 nitrogen and oxygen atoms in total. The molecule has 1 atom stereocenters. The zero-order valence-electron chi connectivity index (χ0n) is 10.5. The molecule has 1 heterocycles. The molecule has 112 valence electrons. The van der Waals surface area contributed by atoms with Crippen LogP contribution >= 0.6 is 47.4 Å².